The van der Waals surface area contributed by atoms with Crippen LogP contribution in [-0.2, 0) is 11.2 Å². The summed E-state index contributed by atoms with van der Waals surface area (Å²) in [6, 6.07) is 0.773. The summed E-state index contributed by atoms with van der Waals surface area (Å²) in [7, 11) is 0. The fraction of sp³-hybridized carbons (Fsp3) is 0.536. The molecular formula is C28H33FN8O3S. The Hall–Kier alpha value is -3.61. The first-order valence-electron chi connectivity index (χ1n) is 14.2. The maximum absolute atomic E-state index is 14.2. The van der Waals surface area contributed by atoms with Crippen molar-refractivity contribution >= 4 is 34.5 Å². The van der Waals surface area contributed by atoms with Gasteiger partial charge in [-0.15, -0.1) is 0 Å². The van der Waals surface area contributed by atoms with Crippen LogP contribution in [0.5, 0.6) is 0 Å². The predicted molar refractivity (Wildman–Crippen MR) is 154 cm³/mol. The average molecular weight is 581 g/mol. The molecule has 4 aromatic heterocycles. The fourth-order valence-corrected chi connectivity index (χ4v) is 7.41. The quantitative estimate of drug-likeness (QED) is 0.369. The maximum Gasteiger partial charge on any atom is 0.333 e. The van der Waals surface area contributed by atoms with Crippen LogP contribution in [0.25, 0.3) is 16.8 Å². The summed E-state index contributed by atoms with van der Waals surface area (Å²) < 4.78 is 18.8. The van der Waals surface area contributed by atoms with Crippen molar-refractivity contribution in [1.29, 1.82) is 0 Å². The zero-order chi connectivity index (χ0) is 28.7. The molecule has 41 heavy (non-hydrogen) atoms. The van der Waals surface area contributed by atoms with Gasteiger partial charge in [-0.1, -0.05) is 0 Å². The van der Waals surface area contributed by atoms with Gasteiger partial charge < -0.3 is 5.32 Å². The molecule has 0 bridgehead atoms. The Bertz CT molecular complexity index is 1730. The number of carbonyl (C=O) groups excluding carboxylic acids is 1. The normalized spacial score (nSPS) is 20.1. The highest BCUT2D eigenvalue weighted by Crippen LogP contribution is 2.30. The van der Waals surface area contributed by atoms with Crippen LogP contribution in [0.3, 0.4) is 0 Å². The van der Waals surface area contributed by atoms with Crippen molar-refractivity contribution in [2.75, 3.05) is 11.5 Å². The Morgan fingerprint density at radius 1 is 1.05 bits per heavy atom. The molecule has 1 saturated carbocycles. The Labute approximate surface area is 239 Å². The van der Waals surface area contributed by atoms with E-state index in [2.05, 4.69) is 25.4 Å². The molecule has 0 atom stereocenters. The van der Waals surface area contributed by atoms with E-state index in [0.29, 0.717) is 44.3 Å². The van der Waals surface area contributed by atoms with Crippen LogP contribution >= 0.6 is 11.8 Å². The first-order chi connectivity index (χ1) is 19.8. The van der Waals surface area contributed by atoms with Gasteiger partial charge in [0.05, 0.1) is 11.6 Å². The van der Waals surface area contributed by atoms with Gasteiger partial charge in [-0.3, -0.25) is 18.7 Å². The molecule has 2 aliphatic rings. The molecule has 0 unspecified atom stereocenters. The molecule has 0 aromatic carbocycles. The van der Waals surface area contributed by atoms with E-state index in [9.17, 15) is 18.8 Å². The lowest BCUT2D eigenvalue weighted by atomic mass is 9.90. The second kappa shape index (κ2) is 11.3. The number of rotatable bonds is 6. The van der Waals surface area contributed by atoms with Crippen molar-refractivity contribution in [2.24, 2.45) is 0 Å². The summed E-state index contributed by atoms with van der Waals surface area (Å²) in [6.07, 6.45) is 7.43. The van der Waals surface area contributed by atoms with Gasteiger partial charge in [0.2, 0.25) is 5.91 Å². The second-order valence-electron chi connectivity index (χ2n) is 11.0. The summed E-state index contributed by atoms with van der Waals surface area (Å²) in [5.41, 5.74) is 2.15. The number of aryl methyl sites for hydroxylation is 2. The Morgan fingerprint density at radius 3 is 2.54 bits per heavy atom. The Balaban J connectivity index is 1.16. The number of amides is 1. The van der Waals surface area contributed by atoms with E-state index in [0.717, 1.165) is 47.5 Å². The highest BCUT2D eigenvalue weighted by Gasteiger charge is 2.29. The Morgan fingerprint density at radius 2 is 1.78 bits per heavy atom. The van der Waals surface area contributed by atoms with E-state index in [1.54, 1.807) is 9.08 Å². The lowest BCUT2D eigenvalue weighted by Gasteiger charge is -2.31. The number of fused-ring (bicyclic) bond motifs is 2. The minimum atomic E-state index is -0.598. The largest absolute Gasteiger partial charge is 0.353 e. The number of pyridine rings is 1. The number of carbonyl (C=O) groups is 1. The smallest absolute Gasteiger partial charge is 0.333 e. The molecule has 216 valence electrons. The zero-order valence-corrected chi connectivity index (χ0v) is 24.0. The highest BCUT2D eigenvalue weighted by molar-refractivity contribution is 7.99. The van der Waals surface area contributed by atoms with Gasteiger partial charge in [-0.05, 0) is 81.9 Å². The van der Waals surface area contributed by atoms with Crippen LogP contribution < -0.4 is 16.6 Å². The molecule has 1 aliphatic carbocycles. The molecule has 11 nitrogen and oxygen atoms in total. The maximum atomic E-state index is 14.2. The van der Waals surface area contributed by atoms with Gasteiger partial charge in [-0.2, -0.15) is 21.8 Å². The van der Waals surface area contributed by atoms with Gasteiger partial charge in [0.1, 0.15) is 17.8 Å². The summed E-state index contributed by atoms with van der Waals surface area (Å²) in [5.74, 6) is 1.75. The van der Waals surface area contributed by atoms with Gasteiger partial charge in [-0.25, -0.2) is 23.7 Å². The molecule has 2 fully saturated rings. The number of nitrogens with one attached hydrogen (secondary N) is 1. The van der Waals surface area contributed by atoms with Crippen molar-refractivity contribution in [1.82, 2.24) is 39.0 Å². The Kier molecular flexibility index (Phi) is 7.62. The molecule has 0 radical (unpaired) electrons. The molecule has 6 rings (SSSR count). The highest BCUT2D eigenvalue weighted by atomic mass is 32.2. The molecule has 13 heteroatoms. The van der Waals surface area contributed by atoms with Crippen LogP contribution in [0.4, 0.5) is 4.39 Å². The van der Waals surface area contributed by atoms with E-state index < -0.39 is 11.4 Å². The minimum absolute atomic E-state index is 0.0373. The summed E-state index contributed by atoms with van der Waals surface area (Å²) in [5, 5.41) is 7.49. The van der Waals surface area contributed by atoms with E-state index in [1.165, 1.54) is 17.0 Å². The number of hydrogen-bond donors (Lipinski definition) is 1. The fourth-order valence-electron chi connectivity index (χ4n) is 6.33. The minimum Gasteiger partial charge on any atom is -0.353 e. The first-order valence-corrected chi connectivity index (χ1v) is 15.3. The number of nitrogens with zero attached hydrogens (tertiary/aromatic N) is 7. The summed E-state index contributed by atoms with van der Waals surface area (Å²) in [6.45, 7) is 3.86. The van der Waals surface area contributed by atoms with Crippen LogP contribution in [0.2, 0.25) is 0 Å². The van der Waals surface area contributed by atoms with E-state index in [4.69, 9.17) is 0 Å². The van der Waals surface area contributed by atoms with Crippen LogP contribution in [0.1, 0.15) is 74.0 Å². The third-order valence-corrected chi connectivity index (χ3v) is 9.55. The van der Waals surface area contributed by atoms with Crippen molar-refractivity contribution < 1.29 is 9.18 Å². The third-order valence-electron chi connectivity index (χ3n) is 8.50. The number of halogens is 1. The summed E-state index contributed by atoms with van der Waals surface area (Å²) >= 11 is 1.84. The number of thioether (sulfide) groups is 1. The van der Waals surface area contributed by atoms with Gasteiger partial charge in [0.15, 0.2) is 0 Å². The molecule has 1 aliphatic heterocycles. The third kappa shape index (κ3) is 5.27. The number of aromatic nitrogens is 7. The lowest BCUT2D eigenvalue weighted by Crippen LogP contribution is -2.46. The van der Waals surface area contributed by atoms with Crippen molar-refractivity contribution in [3.63, 3.8) is 0 Å². The topological polar surface area (TPSA) is 129 Å². The van der Waals surface area contributed by atoms with Crippen LogP contribution in [-0.4, -0.2) is 57.2 Å². The standard InChI is InChI=1S/C28H33FN8O3S/c1-16-22(17(2)37-27(33-16)31-15-32-37)7-8-24(38)34-19-3-5-20(6-4-19)36-26(39)23-13-18(29)14-30-25(23)35(28(36)40)21-9-11-41-12-10-21/h13-15,19-21H,3-12H2,1-2H3,(H,34,38). The molecular weight excluding hydrogens is 547 g/mol. The van der Waals surface area contributed by atoms with Gasteiger partial charge in [0, 0.05) is 35.9 Å². The van der Waals surface area contributed by atoms with E-state index >= 15 is 0 Å². The second-order valence-corrected chi connectivity index (χ2v) is 12.2. The average Bonchev–Trinajstić information content (AvgIpc) is 3.43. The van der Waals surface area contributed by atoms with E-state index in [1.807, 2.05) is 25.6 Å². The molecule has 1 amide bonds. The monoisotopic (exact) mass is 580 g/mol. The van der Waals surface area contributed by atoms with Crippen LogP contribution in [0, 0.1) is 19.7 Å². The molecule has 1 N–H and O–H groups in total. The van der Waals surface area contributed by atoms with E-state index in [-0.39, 0.29) is 40.8 Å². The first kappa shape index (κ1) is 27.6. The van der Waals surface area contributed by atoms with Crippen molar-refractivity contribution in [3.05, 3.63) is 62.2 Å². The molecule has 5 heterocycles. The van der Waals surface area contributed by atoms with Gasteiger partial charge in [0.25, 0.3) is 11.3 Å². The summed E-state index contributed by atoms with van der Waals surface area (Å²) in [4.78, 5) is 52.9. The van der Waals surface area contributed by atoms with Crippen LogP contribution in [0.15, 0.2) is 28.2 Å². The van der Waals surface area contributed by atoms with Crippen molar-refractivity contribution in [3.8, 4) is 0 Å². The number of hydrogen-bond acceptors (Lipinski definition) is 8. The lowest BCUT2D eigenvalue weighted by molar-refractivity contribution is -0.122. The zero-order valence-electron chi connectivity index (χ0n) is 23.2. The predicted octanol–water partition coefficient (Wildman–Crippen LogP) is 3.05. The molecule has 1 saturated heterocycles. The van der Waals surface area contributed by atoms with Crippen molar-refractivity contribution in [2.45, 2.75) is 83.3 Å². The molecule has 0 spiro atoms. The van der Waals surface area contributed by atoms with Gasteiger partial charge >= 0.3 is 5.69 Å². The molecule has 4 aromatic rings. The SMILES string of the molecule is Cc1nc2ncnn2c(C)c1CCC(=O)NC1CCC(n2c(=O)c3cc(F)cnc3n(C3CCSCC3)c2=O)CC1.